The Hall–Kier alpha value is -0.0800. The topological polar surface area (TPSA) is 32.3 Å². The second-order valence-electron chi connectivity index (χ2n) is 4.93. The van der Waals surface area contributed by atoms with Gasteiger partial charge in [0.2, 0.25) is 0 Å². The fourth-order valence-electron chi connectivity index (χ4n) is 0.815. The summed E-state index contributed by atoms with van der Waals surface area (Å²) >= 11 is 0. The molecule has 0 aliphatic heterocycles. The van der Waals surface area contributed by atoms with E-state index in [-0.39, 0.29) is 11.5 Å². The molecule has 0 aliphatic carbocycles. The second-order valence-corrected chi connectivity index (χ2v) is 4.93. The summed E-state index contributed by atoms with van der Waals surface area (Å²) in [5, 5.41) is 12.9. The summed E-state index contributed by atoms with van der Waals surface area (Å²) in [6.07, 6.45) is -0.253. The molecule has 0 fully saturated rings. The maximum Gasteiger partial charge on any atom is 0.0712 e. The van der Waals surface area contributed by atoms with Crippen LogP contribution < -0.4 is 5.32 Å². The lowest BCUT2D eigenvalue weighted by Gasteiger charge is -2.26. The standard InChI is InChI=1S/C10H23NO/c1-8(2)6-11-7-9(12)10(3,4)5/h8-9,11-12H,6-7H2,1-5H3. The molecule has 1 atom stereocenters. The molecule has 0 aliphatic rings. The summed E-state index contributed by atoms with van der Waals surface area (Å²) < 4.78 is 0. The van der Waals surface area contributed by atoms with E-state index in [0.717, 1.165) is 6.54 Å². The van der Waals surface area contributed by atoms with Crippen molar-refractivity contribution in [3.05, 3.63) is 0 Å². The van der Waals surface area contributed by atoms with E-state index in [1.165, 1.54) is 0 Å². The summed E-state index contributed by atoms with van der Waals surface area (Å²) in [7, 11) is 0. The Kier molecular flexibility index (Phi) is 4.80. The third-order valence-corrected chi connectivity index (χ3v) is 1.89. The van der Waals surface area contributed by atoms with Crippen molar-refractivity contribution in [1.82, 2.24) is 5.32 Å². The molecule has 0 saturated heterocycles. The molecule has 0 aromatic heterocycles. The first-order valence-electron chi connectivity index (χ1n) is 4.73. The molecular formula is C10H23NO. The minimum atomic E-state index is -0.253. The molecule has 0 bridgehead atoms. The number of hydrogen-bond donors (Lipinski definition) is 2. The van der Waals surface area contributed by atoms with Crippen LogP contribution in [0.1, 0.15) is 34.6 Å². The van der Waals surface area contributed by atoms with Crippen LogP contribution in [0.5, 0.6) is 0 Å². The summed E-state index contributed by atoms with van der Waals surface area (Å²) in [6, 6.07) is 0. The van der Waals surface area contributed by atoms with Crippen LogP contribution in [0.4, 0.5) is 0 Å². The number of hydrogen-bond acceptors (Lipinski definition) is 2. The highest BCUT2D eigenvalue weighted by molar-refractivity contribution is 4.74. The number of aliphatic hydroxyl groups is 1. The fraction of sp³-hybridized carbons (Fsp3) is 1.00. The van der Waals surface area contributed by atoms with E-state index in [4.69, 9.17) is 0 Å². The van der Waals surface area contributed by atoms with Gasteiger partial charge in [-0.15, -0.1) is 0 Å². The first-order chi connectivity index (χ1) is 5.34. The molecule has 74 valence electrons. The summed E-state index contributed by atoms with van der Waals surface area (Å²) in [4.78, 5) is 0. The Morgan fingerprint density at radius 1 is 1.17 bits per heavy atom. The third kappa shape index (κ3) is 5.56. The molecule has 2 heteroatoms. The number of aliphatic hydroxyl groups excluding tert-OH is 1. The van der Waals surface area contributed by atoms with Gasteiger partial charge in [-0.05, 0) is 17.9 Å². The molecule has 0 saturated carbocycles. The van der Waals surface area contributed by atoms with E-state index in [0.29, 0.717) is 12.5 Å². The van der Waals surface area contributed by atoms with Crippen LogP contribution in [-0.2, 0) is 0 Å². The largest absolute Gasteiger partial charge is 0.391 e. The van der Waals surface area contributed by atoms with Gasteiger partial charge in [0.05, 0.1) is 6.10 Å². The van der Waals surface area contributed by atoms with Crippen molar-refractivity contribution in [3.63, 3.8) is 0 Å². The first kappa shape index (κ1) is 11.9. The molecule has 0 rings (SSSR count). The van der Waals surface area contributed by atoms with Gasteiger partial charge < -0.3 is 10.4 Å². The summed E-state index contributed by atoms with van der Waals surface area (Å²) in [5.41, 5.74) is -0.00994. The monoisotopic (exact) mass is 173 g/mol. The molecule has 2 N–H and O–H groups in total. The predicted octanol–water partition coefficient (Wildman–Crippen LogP) is 1.64. The highest BCUT2D eigenvalue weighted by atomic mass is 16.3. The van der Waals surface area contributed by atoms with Gasteiger partial charge in [0, 0.05) is 6.54 Å². The van der Waals surface area contributed by atoms with Crippen LogP contribution in [0.25, 0.3) is 0 Å². The quantitative estimate of drug-likeness (QED) is 0.677. The predicted molar refractivity (Wildman–Crippen MR) is 53.2 cm³/mol. The van der Waals surface area contributed by atoms with E-state index in [1.54, 1.807) is 0 Å². The molecule has 0 aromatic carbocycles. The molecule has 2 nitrogen and oxygen atoms in total. The Morgan fingerprint density at radius 2 is 1.67 bits per heavy atom. The molecule has 12 heavy (non-hydrogen) atoms. The zero-order valence-corrected chi connectivity index (χ0v) is 9.02. The van der Waals surface area contributed by atoms with Crippen molar-refractivity contribution in [2.45, 2.75) is 40.7 Å². The summed E-state index contributed by atoms with van der Waals surface area (Å²) in [5.74, 6) is 0.650. The van der Waals surface area contributed by atoms with Crippen molar-refractivity contribution in [1.29, 1.82) is 0 Å². The van der Waals surface area contributed by atoms with Gasteiger partial charge in [-0.25, -0.2) is 0 Å². The normalized spacial score (nSPS) is 15.2. The first-order valence-corrected chi connectivity index (χ1v) is 4.73. The van der Waals surface area contributed by atoms with Crippen molar-refractivity contribution < 1.29 is 5.11 Å². The maximum absolute atomic E-state index is 9.64. The molecule has 0 radical (unpaired) electrons. The lowest BCUT2D eigenvalue weighted by atomic mass is 9.89. The van der Waals surface area contributed by atoms with Gasteiger partial charge in [-0.3, -0.25) is 0 Å². The van der Waals surface area contributed by atoms with Crippen molar-refractivity contribution in [2.75, 3.05) is 13.1 Å². The Morgan fingerprint density at radius 3 is 2.00 bits per heavy atom. The van der Waals surface area contributed by atoms with Crippen molar-refractivity contribution in [3.8, 4) is 0 Å². The number of rotatable bonds is 4. The summed E-state index contributed by atoms with van der Waals surface area (Å²) in [6.45, 7) is 12.2. The van der Waals surface area contributed by atoms with Gasteiger partial charge in [0.15, 0.2) is 0 Å². The molecule has 1 unspecified atom stereocenters. The van der Waals surface area contributed by atoms with E-state index in [1.807, 2.05) is 0 Å². The van der Waals surface area contributed by atoms with Gasteiger partial charge in [-0.1, -0.05) is 34.6 Å². The lowest BCUT2D eigenvalue weighted by Crippen LogP contribution is -2.37. The Balaban J connectivity index is 3.51. The van der Waals surface area contributed by atoms with Crippen LogP contribution in [0, 0.1) is 11.3 Å². The number of nitrogens with one attached hydrogen (secondary N) is 1. The Bertz CT molecular complexity index is 115. The highest BCUT2D eigenvalue weighted by Crippen LogP contribution is 2.17. The van der Waals surface area contributed by atoms with Gasteiger partial charge >= 0.3 is 0 Å². The molecule has 0 aromatic rings. The average Bonchev–Trinajstić information content (AvgIpc) is 1.84. The zero-order valence-electron chi connectivity index (χ0n) is 9.02. The average molecular weight is 173 g/mol. The SMILES string of the molecule is CC(C)CNCC(O)C(C)(C)C. The van der Waals surface area contributed by atoms with Crippen molar-refractivity contribution >= 4 is 0 Å². The maximum atomic E-state index is 9.64. The van der Waals surface area contributed by atoms with Crippen LogP contribution >= 0.6 is 0 Å². The van der Waals surface area contributed by atoms with Gasteiger partial charge in [0.1, 0.15) is 0 Å². The van der Waals surface area contributed by atoms with Crippen LogP contribution in [0.2, 0.25) is 0 Å². The van der Waals surface area contributed by atoms with Crippen LogP contribution in [0.3, 0.4) is 0 Å². The van der Waals surface area contributed by atoms with E-state index in [2.05, 4.69) is 39.9 Å². The van der Waals surface area contributed by atoms with E-state index >= 15 is 0 Å². The van der Waals surface area contributed by atoms with Gasteiger partial charge in [-0.2, -0.15) is 0 Å². The third-order valence-electron chi connectivity index (χ3n) is 1.89. The molecule has 0 heterocycles. The van der Waals surface area contributed by atoms with Crippen molar-refractivity contribution in [2.24, 2.45) is 11.3 Å². The van der Waals surface area contributed by atoms with E-state index < -0.39 is 0 Å². The van der Waals surface area contributed by atoms with E-state index in [9.17, 15) is 5.11 Å². The fourth-order valence-corrected chi connectivity index (χ4v) is 0.815. The second kappa shape index (κ2) is 4.83. The minimum Gasteiger partial charge on any atom is -0.391 e. The smallest absolute Gasteiger partial charge is 0.0712 e. The molecular weight excluding hydrogens is 150 g/mol. The lowest BCUT2D eigenvalue weighted by molar-refractivity contribution is 0.0625. The minimum absolute atomic E-state index is 0.00994. The van der Waals surface area contributed by atoms with Crippen LogP contribution in [-0.4, -0.2) is 24.3 Å². The highest BCUT2D eigenvalue weighted by Gasteiger charge is 2.21. The molecule has 0 spiro atoms. The Labute approximate surface area is 76.4 Å². The van der Waals surface area contributed by atoms with Crippen LogP contribution in [0.15, 0.2) is 0 Å². The van der Waals surface area contributed by atoms with Gasteiger partial charge in [0.25, 0.3) is 0 Å². The molecule has 0 amide bonds. The zero-order chi connectivity index (χ0) is 9.78.